The predicted octanol–water partition coefficient (Wildman–Crippen LogP) is 4.85. The predicted molar refractivity (Wildman–Crippen MR) is 194 cm³/mol. The van der Waals surface area contributed by atoms with Crippen LogP contribution in [0.4, 0.5) is 0 Å². The van der Waals surface area contributed by atoms with Gasteiger partial charge in [-0.3, -0.25) is 19.2 Å². The molecule has 262 valence electrons. The summed E-state index contributed by atoms with van der Waals surface area (Å²) in [6.45, 7) is 5.24. The first-order valence-corrected chi connectivity index (χ1v) is 19.4. The molecule has 0 heterocycles. The molecular weight excluding hydrogens is 731 g/mol. The Balaban J connectivity index is -0.000000537. The van der Waals surface area contributed by atoms with Gasteiger partial charge in [0.1, 0.15) is 14.8 Å². The van der Waals surface area contributed by atoms with E-state index < -0.39 is 5.97 Å². The Morgan fingerprint density at radius 2 is 1.22 bits per heavy atom. The van der Waals surface area contributed by atoms with Gasteiger partial charge in [-0.1, -0.05) is 73.3 Å². The molecule has 0 bridgehead atoms. The summed E-state index contributed by atoms with van der Waals surface area (Å²) in [5.74, 6) is -0.666. The van der Waals surface area contributed by atoms with Crippen LogP contribution in [-0.2, 0) is 33.4 Å². The maximum atomic E-state index is 11.5. The first kappa shape index (κ1) is 50.2. The molecule has 46 heavy (non-hydrogen) atoms. The smallest absolute Gasteiger partial charge is 0.870 e. The van der Waals surface area contributed by atoms with E-state index in [1.54, 1.807) is 22.5 Å². The molecule has 4 rings (SSSR count). The van der Waals surface area contributed by atoms with Gasteiger partial charge in [-0.25, -0.2) is 0 Å². The van der Waals surface area contributed by atoms with E-state index >= 15 is 0 Å². The number of carbonyl (C=O) groups is 4. The Morgan fingerprint density at radius 3 is 1.48 bits per heavy atom. The van der Waals surface area contributed by atoms with E-state index in [-0.39, 0.29) is 57.1 Å². The maximum absolute atomic E-state index is 11.5. The number of alkyl halides is 1. The average Bonchev–Trinajstić information content (AvgIpc) is 3.99. The van der Waals surface area contributed by atoms with E-state index in [1.165, 1.54) is 97.3 Å². The summed E-state index contributed by atoms with van der Waals surface area (Å²) in [4.78, 5) is 42.7. The molecule has 0 aliphatic heterocycles. The van der Waals surface area contributed by atoms with Crippen LogP contribution in [0, 0.1) is 0 Å². The number of carboxylic acids is 1. The van der Waals surface area contributed by atoms with Crippen LogP contribution in [0.5, 0.6) is 0 Å². The Bertz CT molecular complexity index is 872. The molecule has 0 saturated heterocycles. The topological polar surface area (TPSA) is 146 Å². The molecule has 0 aromatic heterocycles. The molecule has 0 aromatic rings. The monoisotopic (exact) mass is 782 g/mol. The summed E-state index contributed by atoms with van der Waals surface area (Å²) in [7, 11) is 4.22. The fourth-order valence-corrected chi connectivity index (χ4v) is 8.38. The second-order valence-electron chi connectivity index (χ2n) is 10.5. The minimum absolute atomic E-state index is 0. The van der Waals surface area contributed by atoms with Gasteiger partial charge in [-0.2, -0.15) is 0 Å². The Kier molecular flexibility index (Phi) is 32.4. The second-order valence-corrected chi connectivity index (χ2v) is 15.9. The summed E-state index contributed by atoms with van der Waals surface area (Å²) >= 11 is 12.1. The normalized spacial score (nSPS) is 18.2. The summed E-state index contributed by atoms with van der Waals surface area (Å²) < 4.78 is 12.9. The van der Waals surface area contributed by atoms with Crippen molar-refractivity contribution in [3.63, 3.8) is 0 Å². The van der Waals surface area contributed by atoms with Crippen molar-refractivity contribution in [1.82, 2.24) is 0 Å². The van der Waals surface area contributed by atoms with Crippen molar-refractivity contribution in [2.75, 3.05) is 32.4 Å². The van der Waals surface area contributed by atoms with Gasteiger partial charge in [-0.15, -0.1) is 35.3 Å². The third kappa shape index (κ3) is 22.4. The summed E-state index contributed by atoms with van der Waals surface area (Å²) in [5.41, 5.74) is 0. The maximum Gasteiger partial charge on any atom is 1.00 e. The van der Waals surface area contributed by atoms with Crippen LogP contribution in [0.25, 0.3) is 0 Å². The first-order valence-electron chi connectivity index (χ1n) is 15.0. The number of esters is 3. The second kappa shape index (κ2) is 29.7. The molecule has 0 atom stereocenters. The minimum atomic E-state index is -0.580. The van der Waals surface area contributed by atoms with Gasteiger partial charge < -0.3 is 24.8 Å². The van der Waals surface area contributed by atoms with Crippen LogP contribution in [0.3, 0.4) is 0 Å². The van der Waals surface area contributed by atoms with Gasteiger partial charge in [0, 0.05) is 10.5 Å². The molecular formula is C31H52BrLiO9S4. The van der Waals surface area contributed by atoms with Crippen molar-refractivity contribution < 1.29 is 62.8 Å². The standard InChI is InChI=1S/C11H18O2S.C10H16O2S.C5H8O2S.C3H5BrO2.C2H4S.Li.H2O/c1-13-10(12)11(7-8-11)14-9-5-3-2-4-6-9;11-9(12)10(6-7-10)13-8-4-2-1-3-5-8;1-3-8-4-5(6)7-2;1-6-3(5)2-4;1-2-3;;/h9H,2-8H2,1H3;8H,1-7H2,(H,11,12);3H,1,4H2,2H3;2H2,1H3;2H,1H3;;1H2/q;;;;;+1;/p-1. The molecule has 9 nitrogen and oxygen atoms in total. The molecule has 0 unspecified atom stereocenters. The molecule has 4 aliphatic rings. The van der Waals surface area contributed by atoms with Crippen LogP contribution in [0.2, 0.25) is 0 Å². The fraction of sp³-hybridized carbons (Fsp3) is 0.774. The van der Waals surface area contributed by atoms with Crippen molar-refractivity contribution in [3.8, 4) is 0 Å². The summed E-state index contributed by atoms with van der Waals surface area (Å²) in [6.07, 6.45) is 16.9. The number of hydrogen-bond donors (Lipinski definition) is 1. The molecule has 4 aliphatic carbocycles. The largest absolute Gasteiger partial charge is 1.00 e. The molecule has 4 saturated carbocycles. The number of thiocarbonyl (C=S) groups is 1. The zero-order valence-corrected chi connectivity index (χ0v) is 32.9. The number of carboxylic acid groups (broad SMARTS) is 1. The van der Waals surface area contributed by atoms with Crippen molar-refractivity contribution in [2.24, 2.45) is 0 Å². The molecule has 0 radical (unpaired) electrons. The average molecular weight is 784 g/mol. The molecule has 0 aromatic carbocycles. The van der Waals surface area contributed by atoms with E-state index in [9.17, 15) is 19.2 Å². The number of halogens is 1. The third-order valence-corrected chi connectivity index (χ3v) is 11.9. The van der Waals surface area contributed by atoms with Crippen LogP contribution in [-0.4, -0.2) is 92.2 Å². The summed E-state index contributed by atoms with van der Waals surface area (Å²) in [5, 5.41) is 13.8. The Labute approximate surface area is 314 Å². The first-order chi connectivity index (χ1) is 21.0. The van der Waals surface area contributed by atoms with E-state index in [1.807, 2.05) is 18.7 Å². The molecule has 0 amide bonds. The van der Waals surface area contributed by atoms with Crippen molar-refractivity contribution in [3.05, 3.63) is 12.0 Å². The number of aliphatic carboxylic acids is 1. The van der Waals surface area contributed by atoms with Crippen LogP contribution in [0.1, 0.15) is 96.8 Å². The van der Waals surface area contributed by atoms with Crippen molar-refractivity contribution >= 4 is 92.7 Å². The fourth-order valence-electron chi connectivity index (χ4n) is 4.41. The minimum Gasteiger partial charge on any atom is -0.870 e. The number of ether oxygens (including phenoxy) is 3. The zero-order chi connectivity index (χ0) is 33.4. The molecule has 2 N–H and O–H groups in total. The van der Waals surface area contributed by atoms with Crippen LogP contribution >= 0.6 is 63.4 Å². The number of rotatable bonds is 10. The number of thioether (sulfide) groups is 3. The van der Waals surface area contributed by atoms with Gasteiger partial charge in [0.15, 0.2) is 0 Å². The molecule has 15 heteroatoms. The number of carbonyl (C=O) groups excluding carboxylic acids is 3. The summed E-state index contributed by atoms with van der Waals surface area (Å²) in [6, 6.07) is 0. The third-order valence-electron chi connectivity index (χ3n) is 7.13. The number of methoxy groups -OCH3 is 3. The quantitative estimate of drug-likeness (QED) is 0.106. The Hall–Kier alpha value is -0.203. The van der Waals surface area contributed by atoms with Crippen LogP contribution < -0.4 is 18.9 Å². The van der Waals surface area contributed by atoms with Crippen LogP contribution in [0.15, 0.2) is 12.0 Å². The van der Waals surface area contributed by atoms with Crippen molar-refractivity contribution in [1.29, 1.82) is 0 Å². The Morgan fingerprint density at radius 1 is 0.826 bits per heavy atom. The van der Waals surface area contributed by atoms with Gasteiger partial charge in [0.2, 0.25) is 0 Å². The molecule has 0 spiro atoms. The van der Waals surface area contributed by atoms with Gasteiger partial charge in [-0.05, 0) is 69.1 Å². The zero-order valence-electron chi connectivity index (χ0n) is 28.1. The van der Waals surface area contributed by atoms with E-state index in [2.05, 4.69) is 44.2 Å². The van der Waals surface area contributed by atoms with Crippen molar-refractivity contribution in [2.45, 2.75) is 117 Å². The SMILES string of the molecule is C=CSCC(=O)OC.CC=S.COC(=O)C1(SC2CCCCC2)CC1.COC(=O)CBr.O=C(O)C1(SC2CCCCC2)CC1.[Li+].[OH-]. The van der Waals surface area contributed by atoms with Gasteiger partial charge in [0.05, 0.1) is 27.1 Å². The van der Waals surface area contributed by atoms with E-state index in [4.69, 9.17) is 9.84 Å². The van der Waals surface area contributed by atoms with E-state index in [0.717, 1.165) is 25.7 Å². The molecule has 4 fully saturated rings. The van der Waals surface area contributed by atoms with Gasteiger partial charge in [0.25, 0.3) is 0 Å². The number of hydrogen-bond acceptors (Lipinski definition) is 12. The van der Waals surface area contributed by atoms with E-state index in [0.29, 0.717) is 16.3 Å². The van der Waals surface area contributed by atoms with Gasteiger partial charge >= 0.3 is 42.7 Å².